The molecular formula is C13H18N4S. The number of aromatic nitrogens is 2. The number of hydrogen-bond donors (Lipinski definition) is 2. The van der Waals surface area contributed by atoms with Gasteiger partial charge in [0.1, 0.15) is 17.0 Å². The summed E-state index contributed by atoms with van der Waals surface area (Å²) in [6.45, 7) is 3.70. The van der Waals surface area contributed by atoms with Crippen LogP contribution in [0.2, 0.25) is 0 Å². The highest BCUT2D eigenvalue weighted by Crippen LogP contribution is 2.39. The highest BCUT2D eigenvalue weighted by atomic mass is 32.1. The molecule has 0 bridgehead atoms. The number of nitrogens with zero attached hydrogens (tertiary/aromatic N) is 2. The summed E-state index contributed by atoms with van der Waals surface area (Å²) in [7, 11) is 0. The molecule has 0 saturated carbocycles. The van der Waals surface area contributed by atoms with Crippen molar-refractivity contribution in [2.45, 2.75) is 26.2 Å². The minimum absolute atomic E-state index is 0.620. The standard InChI is InChI=1S/C13H18N4S/c1-8-2-3-9-10(6-8)18-13-11(9)12(15-5-4-14)16-7-17-13/h7-8H,2-6,14H2,1H3,(H,15,16,17). The van der Waals surface area contributed by atoms with Crippen LogP contribution in [0.15, 0.2) is 6.33 Å². The quantitative estimate of drug-likeness (QED) is 0.890. The van der Waals surface area contributed by atoms with Gasteiger partial charge in [0.15, 0.2) is 0 Å². The van der Waals surface area contributed by atoms with Crippen molar-refractivity contribution in [1.82, 2.24) is 9.97 Å². The van der Waals surface area contributed by atoms with Gasteiger partial charge < -0.3 is 11.1 Å². The Morgan fingerprint density at radius 3 is 3.22 bits per heavy atom. The third kappa shape index (κ3) is 1.97. The maximum absolute atomic E-state index is 5.55. The van der Waals surface area contributed by atoms with E-state index in [1.807, 2.05) is 11.3 Å². The van der Waals surface area contributed by atoms with E-state index in [9.17, 15) is 0 Å². The van der Waals surface area contributed by atoms with E-state index in [2.05, 4.69) is 22.2 Å². The molecule has 2 aromatic heterocycles. The molecule has 0 amide bonds. The van der Waals surface area contributed by atoms with Crippen molar-refractivity contribution < 1.29 is 0 Å². The third-order valence-electron chi connectivity index (χ3n) is 3.53. The van der Waals surface area contributed by atoms with Gasteiger partial charge in [-0.3, -0.25) is 0 Å². The zero-order chi connectivity index (χ0) is 12.5. The summed E-state index contributed by atoms with van der Waals surface area (Å²) in [4.78, 5) is 11.4. The second kappa shape index (κ2) is 4.82. The first-order chi connectivity index (χ1) is 8.79. The molecular weight excluding hydrogens is 244 g/mol. The second-order valence-corrected chi connectivity index (χ2v) is 6.05. The summed E-state index contributed by atoms with van der Waals surface area (Å²) < 4.78 is 0. The maximum atomic E-state index is 5.55. The van der Waals surface area contributed by atoms with Gasteiger partial charge in [0.25, 0.3) is 0 Å². The number of aryl methyl sites for hydroxylation is 1. The minimum atomic E-state index is 0.620. The Labute approximate surface area is 111 Å². The van der Waals surface area contributed by atoms with Crippen molar-refractivity contribution in [1.29, 1.82) is 0 Å². The molecule has 3 N–H and O–H groups in total. The predicted octanol–water partition coefficient (Wildman–Crippen LogP) is 2.19. The molecule has 1 aliphatic carbocycles. The molecule has 2 heterocycles. The SMILES string of the molecule is CC1CCc2c(sc3ncnc(NCCN)c23)C1. The molecule has 2 aromatic rings. The van der Waals surface area contributed by atoms with Crippen LogP contribution in [0.3, 0.4) is 0 Å². The van der Waals surface area contributed by atoms with E-state index >= 15 is 0 Å². The molecule has 0 saturated heterocycles. The lowest BCUT2D eigenvalue weighted by atomic mass is 9.89. The smallest absolute Gasteiger partial charge is 0.138 e. The van der Waals surface area contributed by atoms with Crippen LogP contribution in [-0.2, 0) is 12.8 Å². The lowest BCUT2D eigenvalue weighted by molar-refractivity contribution is 0.509. The van der Waals surface area contributed by atoms with Crippen molar-refractivity contribution in [2.75, 3.05) is 18.4 Å². The van der Waals surface area contributed by atoms with Gasteiger partial charge in [-0.1, -0.05) is 6.92 Å². The Balaban J connectivity index is 2.09. The number of rotatable bonds is 3. The first-order valence-electron chi connectivity index (χ1n) is 6.48. The van der Waals surface area contributed by atoms with Crippen molar-refractivity contribution >= 4 is 27.4 Å². The van der Waals surface area contributed by atoms with E-state index in [4.69, 9.17) is 5.73 Å². The Bertz CT molecular complexity index is 563. The fourth-order valence-corrected chi connectivity index (χ4v) is 3.95. The summed E-state index contributed by atoms with van der Waals surface area (Å²) >= 11 is 1.83. The summed E-state index contributed by atoms with van der Waals surface area (Å²) in [5, 5.41) is 4.55. The highest BCUT2D eigenvalue weighted by Gasteiger charge is 2.22. The van der Waals surface area contributed by atoms with Crippen molar-refractivity contribution in [3.8, 4) is 0 Å². The first-order valence-corrected chi connectivity index (χ1v) is 7.30. The van der Waals surface area contributed by atoms with Crippen molar-refractivity contribution in [2.24, 2.45) is 11.7 Å². The molecule has 1 unspecified atom stereocenters. The van der Waals surface area contributed by atoms with E-state index < -0.39 is 0 Å². The molecule has 96 valence electrons. The Morgan fingerprint density at radius 2 is 2.39 bits per heavy atom. The number of thiophene rings is 1. The molecule has 3 rings (SSSR count). The summed E-state index contributed by atoms with van der Waals surface area (Å²) in [5.74, 6) is 1.75. The molecule has 0 aliphatic heterocycles. The van der Waals surface area contributed by atoms with Gasteiger partial charge in [-0.15, -0.1) is 11.3 Å². The van der Waals surface area contributed by atoms with Crippen molar-refractivity contribution in [3.05, 3.63) is 16.8 Å². The fourth-order valence-electron chi connectivity index (χ4n) is 2.60. The molecule has 1 atom stereocenters. The van der Waals surface area contributed by atoms with Crippen LogP contribution >= 0.6 is 11.3 Å². The lowest BCUT2D eigenvalue weighted by Gasteiger charge is -2.18. The molecule has 1 aliphatic rings. The summed E-state index contributed by atoms with van der Waals surface area (Å²) in [6.07, 6.45) is 5.25. The van der Waals surface area contributed by atoms with Crippen LogP contribution in [0.4, 0.5) is 5.82 Å². The van der Waals surface area contributed by atoms with E-state index in [-0.39, 0.29) is 0 Å². The van der Waals surface area contributed by atoms with Crippen LogP contribution in [-0.4, -0.2) is 23.1 Å². The zero-order valence-corrected chi connectivity index (χ0v) is 11.4. The second-order valence-electron chi connectivity index (χ2n) is 4.97. The van der Waals surface area contributed by atoms with Gasteiger partial charge in [0.2, 0.25) is 0 Å². The topological polar surface area (TPSA) is 63.8 Å². The zero-order valence-electron chi connectivity index (χ0n) is 10.6. The normalized spacial score (nSPS) is 18.9. The van der Waals surface area contributed by atoms with Crippen LogP contribution in [0.1, 0.15) is 23.8 Å². The van der Waals surface area contributed by atoms with E-state index in [0.717, 1.165) is 29.5 Å². The Hall–Kier alpha value is -1.20. The van der Waals surface area contributed by atoms with Gasteiger partial charge in [0.05, 0.1) is 5.39 Å². The van der Waals surface area contributed by atoms with E-state index in [1.54, 1.807) is 6.33 Å². The molecule has 0 radical (unpaired) electrons. The number of nitrogens with two attached hydrogens (primary N) is 1. The van der Waals surface area contributed by atoms with Crippen LogP contribution in [0.25, 0.3) is 10.2 Å². The number of anilines is 1. The van der Waals surface area contributed by atoms with E-state index in [1.165, 1.54) is 28.7 Å². The maximum Gasteiger partial charge on any atom is 0.138 e. The Morgan fingerprint density at radius 1 is 1.50 bits per heavy atom. The molecule has 18 heavy (non-hydrogen) atoms. The molecule has 4 nitrogen and oxygen atoms in total. The molecule has 0 fully saturated rings. The van der Waals surface area contributed by atoms with Gasteiger partial charge in [-0.2, -0.15) is 0 Å². The number of fused-ring (bicyclic) bond motifs is 3. The summed E-state index contributed by atoms with van der Waals surface area (Å²) in [5.41, 5.74) is 7.01. The fraction of sp³-hybridized carbons (Fsp3) is 0.538. The highest BCUT2D eigenvalue weighted by molar-refractivity contribution is 7.19. The summed E-state index contributed by atoms with van der Waals surface area (Å²) in [6, 6.07) is 0. The third-order valence-corrected chi connectivity index (χ3v) is 4.69. The minimum Gasteiger partial charge on any atom is -0.368 e. The van der Waals surface area contributed by atoms with Crippen molar-refractivity contribution in [3.63, 3.8) is 0 Å². The Kier molecular flexibility index (Phi) is 3.18. The van der Waals surface area contributed by atoms with Gasteiger partial charge >= 0.3 is 0 Å². The monoisotopic (exact) mass is 262 g/mol. The molecule has 5 heteroatoms. The van der Waals surface area contributed by atoms with Crippen LogP contribution < -0.4 is 11.1 Å². The van der Waals surface area contributed by atoms with Crippen LogP contribution in [0.5, 0.6) is 0 Å². The van der Waals surface area contributed by atoms with Gasteiger partial charge in [-0.25, -0.2) is 9.97 Å². The number of nitrogens with one attached hydrogen (secondary N) is 1. The molecule has 0 spiro atoms. The average Bonchev–Trinajstić information content (AvgIpc) is 2.73. The van der Waals surface area contributed by atoms with Gasteiger partial charge in [0, 0.05) is 18.0 Å². The lowest BCUT2D eigenvalue weighted by Crippen LogP contribution is -2.14. The van der Waals surface area contributed by atoms with Gasteiger partial charge in [-0.05, 0) is 30.7 Å². The average molecular weight is 262 g/mol. The van der Waals surface area contributed by atoms with Crippen LogP contribution in [0, 0.1) is 5.92 Å². The molecule has 0 aromatic carbocycles. The predicted molar refractivity (Wildman–Crippen MR) is 76.1 cm³/mol. The van der Waals surface area contributed by atoms with E-state index in [0.29, 0.717) is 6.54 Å². The first kappa shape index (κ1) is 11.9. The largest absolute Gasteiger partial charge is 0.368 e. The number of hydrogen-bond acceptors (Lipinski definition) is 5.